The molecule has 32 heavy (non-hydrogen) atoms. The number of hydrogen-bond acceptors (Lipinski definition) is 9. The van der Waals surface area contributed by atoms with E-state index in [1.54, 1.807) is 16.8 Å². The standard InChI is InChI=1S/C21H29ClN2O8/c1-10(2)24-11(3)13(7-12-5-6-15(30-4)14(22)8-12)20(23-24)32-21(29)19(28)18(27)17(26)16(9-25)31-21/h5-6,8,10,16-19,25-29H,7,9H2,1-4H3/t16-,17-,18+,19-,21+/m1/s1. The lowest BCUT2D eigenvalue weighted by Gasteiger charge is -2.43. The molecule has 1 aliphatic rings. The van der Waals surface area contributed by atoms with Gasteiger partial charge >= 0.3 is 5.97 Å². The quantitative estimate of drug-likeness (QED) is 0.364. The molecule has 5 N–H and O–H groups in total. The fourth-order valence-corrected chi connectivity index (χ4v) is 3.97. The van der Waals surface area contributed by atoms with Crippen molar-refractivity contribution in [1.82, 2.24) is 9.78 Å². The van der Waals surface area contributed by atoms with Crippen LogP contribution in [-0.4, -0.2) is 79.4 Å². The molecular weight excluding hydrogens is 444 g/mol. The Kier molecular flexibility index (Phi) is 7.35. The smallest absolute Gasteiger partial charge is 0.356 e. The van der Waals surface area contributed by atoms with Gasteiger partial charge in [-0.05, 0) is 38.5 Å². The highest BCUT2D eigenvalue weighted by Crippen LogP contribution is 2.35. The van der Waals surface area contributed by atoms with E-state index in [4.69, 9.17) is 25.8 Å². The minimum atomic E-state index is -2.75. The summed E-state index contributed by atoms with van der Waals surface area (Å²) in [6.07, 6.45) is -6.51. The van der Waals surface area contributed by atoms with Crippen molar-refractivity contribution in [1.29, 1.82) is 0 Å². The lowest BCUT2D eigenvalue weighted by atomic mass is 9.98. The first-order chi connectivity index (χ1) is 15.0. The fourth-order valence-electron chi connectivity index (χ4n) is 3.69. The molecule has 10 nitrogen and oxygen atoms in total. The molecule has 2 aromatic rings. The lowest BCUT2D eigenvalue weighted by molar-refractivity contribution is -0.423. The largest absolute Gasteiger partial charge is 0.495 e. The highest BCUT2D eigenvalue weighted by Gasteiger charge is 2.55. The minimum absolute atomic E-state index is 0.0371. The number of nitrogens with zero attached hydrogens (tertiary/aromatic N) is 2. The normalized spacial score (nSPS) is 28.2. The third-order valence-electron chi connectivity index (χ3n) is 5.49. The summed E-state index contributed by atoms with van der Waals surface area (Å²) in [5, 5.41) is 55.5. The predicted octanol–water partition coefficient (Wildman–Crippen LogP) is 0.524. The van der Waals surface area contributed by atoms with Gasteiger partial charge in [-0.3, -0.25) is 4.68 Å². The van der Waals surface area contributed by atoms with Gasteiger partial charge in [-0.25, -0.2) is 0 Å². The molecule has 0 radical (unpaired) electrons. The number of rotatable bonds is 7. The Hall–Kier alpha value is -1.92. The summed E-state index contributed by atoms with van der Waals surface area (Å²) < 4.78 is 17.7. The Bertz CT molecular complexity index is 950. The molecule has 0 amide bonds. The van der Waals surface area contributed by atoms with Crippen molar-refractivity contribution in [3.63, 3.8) is 0 Å². The van der Waals surface area contributed by atoms with Gasteiger partial charge in [0.2, 0.25) is 5.88 Å². The highest BCUT2D eigenvalue weighted by atomic mass is 35.5. The van der Waals surface area contributed by atoms with Crippen molar-refractivity contribution in [2.24, 2.45) is 0 Å². The molecule has 0 aliphatic carbocycles. The van der Waals surface area contributed by atoms with E-state index >= 15 is 0 Å². The van der Waals surface area contributed by atoms with E-state index < -0.39 is 37.0 Å². The van der Waals surface area contributed by atoms with E-state index in [0.29, 0.717) is 22.8 Å². The van der Waals surface area contributed by atoms with Gasteiger partial charge in [0.15, 0.2) is 6.10 Å². The number of aliphatic hydroxyl groups is 5. The van der Waals surface area contributed by atoms with Gasteiger partial charge in [-0.15, -0.1) is 5.10 Å². The first kappa shape index (κ1) is 24.7. The van der Waals surface area contributed by atoms with Crippen LogP contribution in [0, 0.1) is 6.92 Å². The second-order valence-electron chi connectivity index (χ2n) is 8.05. The SMILES string of the molecule is COc1ccc(Cc2c(O[C@@]3(O)O[C@H](CO)[C@@H](O)[C@H](O)[C@H]3O)nn(C(C)C)c2C)cc1Cl. The van der Waals surface area contributed by atoms with Gasteiger partial charge in [-0.2, -0.15) is 0 Å². The van der Waals surface area contributed by atoms with Gasteiger partial charge in [0.05, 0.1) is 18.7 Å². The van der Waals surface area contributed by atoms with Crippen LogP contribution < -0.4 is 9.47 Å². The van der Waals surface area contributed by atoms with E-state index in [2.05, 4.69) is 5.10 Å². The van der Waals surface area contributed by atoms with Crippen LogP contribution in [0.2, 0.25) is 5.02 Å². The summed E-state index contributed by atoms with van der Waals surface area (Å²) in [6.45, 7) is 4.95. The van der Waals surface area contributed by atoms with Gasteiger partial charge in [-0.1, -0.05) is 17.7 Å². The highest BCUT2D eigenvalue weighted by molar-refractivity contribution is 6.32. The maximum atomic E-state index is 10.9. The number of benzene rings is 1. The zero-order chi connectivity index (χ0) is 23.8. The Morgan fingerprint density at radius 2 is 1.94 bits per heavy atom. The zero-order valence-corrected chi connectivity index (χ0v) is 19.0. The van der Waals surface area contributed by atoms with Crippen molar-refractivity contribution >= 4 is 11.6 Å². The van der Waals surface area contributed by atoms with Crippen LogP contribution in [0.4, 0.5) is 0 Å². The summed E-state index contributed by atoms with van der Waals surface area (Å²) in [6, 6.07) is 5.24. The van der Waals surface area contributed by atoms with E-state index in [1.807, 2.05) is 26.8 Å². The molecule has 1 aromatic carbocycles. The van der Waals surface area contributed by atoms with Crippen molar-refractivity contribution < 1.29 is 39.7 Å². The molecule has 1 fully saturated rings. The third kappa shape index (κ3) is 4.58. The number of aliphatic hydroxyl groups excluding tert-OH is 4. The molecule has 1 aromatic heterocycles. The summed E-state index contributed by atoms with van der Waals surface area (Å²) in [5.74, 6) is -2.26. The third-order valence-corrected chi connectivity index (χ3v) is 5.79. The van der Waals surface area contributed by atoms with Crippen molar-refractivity contribution in [2.75, 3.05) is 13.7 Å². The van der Waals surface area contributed by atoms with Gasteiger partial charge < -0.3 is 39.7 Å². The van der Waals surface area contributed by atoms with Crippen molar-refractivity contribution in [3.05, 3.63) is 40.0 Å². The second kappa shape index (κ2) is 9.52. The average molecular weight is 473 g/mol. The Balaban J connectivity index is 1.99. The molecule has 0 saturated carbocycles. The molecular formula is C21H29ClN2O8. The summed E-state index contributed by atoms with van der Waals surface area (Å²) in [4.78, 5) is 0. The number of hydrogen-bond donors (Lipinski definition) is 5. The maximum Gasteiger partial charge on any atom is 0.356 e. The lowest BCUT2D eigenvalue weighted by Crippen LogP contribution is -2.67. The van der Waals surface area contributed by atoms with E-state index in [0.717, 1.165) is 11.3 Å². The zero-order valence-electron chi connectivity index (χ0n) is 18.3. The number of methoxy groups -OCH3 is 1. The minimum Gasteiger partial charge on any atom is -0.495 e. The van der Waals surface area contributed by atoms with Crippen LogP contribution in [0.25, 0.3) is 0 Å². The van der Waals surface area contributed by atoms with Crippen LogP contribution in [0.1, 0.15) is 36.7 Å². The maximum absolute atomic E-state index is 10.9. The molecule has 178 valence electrons. The average Bonchev–Trinajstić information content (AvgIpc) is 3.05. The van der Waals surface area contributed by atoms with Crippen LogP contribution >= 0.6 is 11.6 Å². The van der Waals surface area contributed by atoms with Crippen LogP contribution in [0.3, 0.4) is 0 Å². The molecule has 0 unspecified atom stereocenters. The Morgan fingerprint density at radius 3 is 2.50 bits per heavy atom. The Morgan fingerprint density at radius 1 is 1.25 bits per heavy atom. The van der Waals surface area contributed by atoms with E-state index in [1.165, 1.54) is 7.11 Å². The fraction of sp³-hybridized carbons (Fsp3) is 0.571. The van der Waals surface area contributed by atoms with Crippen molar-refractivity contribution in [3.8, 4) is 11.6 Å². The first-order valence-corrected chi connectivity index (χ1v) is 10.5. The number of halogens is 1. The molecule has 5 atom stereocenters. The molecule has 0 spiro atoms. The molecule has 0 bridgehead atoms. The van der Waals surface area contributed by atoms with E-state index in [-0.39, 0.29) is 11.9 Å². The topological polar surface area (TPSA) is 147 Å². The molecule has 1 aliphatic heterocycles. The van der Waals surface area contributed by atoms with Gasteiger partial charge in [0.25, 0.3) is 0 Å². The summed E-state index contributed by atoms with van der Waals surface area (Å²) >= 11 is 6.24. The first-order valence-electron chi connectivity index (χ1n) is 10.2. The summed E-state index contributed by atoms with van der Waals surface area (Å²) in [7, 11) is 1.52. The van der Waals surface area contributed by atoms with Crippen LogP contribution in [0.5, 0.6) is 11.6 Å². The second-order valence-corrected chi connectivity index (χ2v) is 8.46. The molecule has 1 saturated heterocycles. The monoisotopic (exact) mass is 472 g/mol. The number of aromatic nitrogens is 2. The van der Waals surface area contributed by atoms with Crippen LogP contribution in [0.15, 0.2) is 18.2 Å². The number of ether oxygens (including phenoxy) is 3. The molecule has 3 rings (SSSR count). The predicted molar refractivity (Wildman–Crippen MR) is 114 cm³/mol. The Labute approximate surface area is 190 Å². The molecule has 11 heteroatoms. The molecule has 2 heterocycles. The van der Waals surface area contributed by atoms with Crippen molar-refractivity contribution in [2.45, 2.75) is 63.6 Å². The van der Waals surface area contributed by atoms with E-state index in [9.17, 15) is 25.5 Å². The van der Waals surface area contributed by atoms with Gasteiger partial charge in [0.1, 0.15) is 24.1 Å². The van der Waals surface area contributed by atoms with Gasteiger partial charge in [0, 0.05) is 23.7 Å². The van der Waals surface area contributed by atoms with Crippen LogP contribution in [-0.2, 0) is 11.2 Å². The summed E-state index contributed by atoms with van der Waals surface area (Å²) in [5.41, 5.74) is 2.15.